The van der Waals surface area contributed by atoms with E-state index < -0.39 is 36.4 Å². The lowest BCUT2D eigenvalue weighted by atomic mass is 9.76. The van der Waals surface area contributed by atoms with Gasteiger partial charge in [0.1, 0.15) is 14.2 Å². The van der Waals surface area contributed by atoms with Crippen molar-refractivity contribution in [2.45, 2.75) is 36.5 Å². The minimum absolute atomic E-state index is 0.406. The first-order valence-electron chi connectivity index (χ1n) is 6.41. The van der Waals surface area contributed by atoms with Crippen LogP contribution in [0.3, 0.4) is 0 Å². The molecular formula is C14H17BrO4Si. The number of fused-ring (bicyclic) bond motifs is 2. The molecule has 3 rings (SSSR count). The van der Waals surface area contributed by atoms with Crippen LogP contribution in [-0.4, -0.2) is 37.6 Å². The van der Waals surface area contributed by atoms with E-state index in [-0.39, 0.29) is 0 Å². The molecular weight excluding hydrogens is 340 g/mol. The Hall–Kier alpha value is -1.06. The monoisotopic (exact) mass is 356 g/mol. The average molecular weight is 357 g/mol. The lowest BCUT2D eigenvalue weighted by Gasteiger charge is -2.42. The molecule has 0 spiro atoms. The average Bonchev–Trinajstić information content (AvgIpc) is 2.35. The molecule has 6 heteroatoms. The number of hydrogen-bond donors (Lipinski definition) is 0. The van der Waals surface area contributed by atoms with Gasteiger partial charge in [0, 0.05) is 12.0 Å². The van der Waals surface area contributed by atoms with Gasteiger partial charge in [0.15, 0.2) is 4.32 Å². The summed E-state index contributed by atoms with van der Waals surface area (Å²) in [7, 11) is -0.184. The number of carbonyl (C=O) groups is 2. The van der Waals surface area contributed by atoms with Gasteiger partial charge >= 0.3 is 11.9 Å². The van der Waals surface area contributed by atoms with Gasteiger partial charge in [-0.05, 0) is 6.08 Å². The van der Waals surface area contributed by atoms with Crippen LogP contribution >= 0.6 is 15.9 Å². The summed E-state index contributed by atoms with van der Waals surface area (Å²) in [5, 5.41) is 0. The molecule has 108 valence electrons. The number of methoxy groups -OCH3 is 1. The van der Waals surface area contributed by atoms with Crippen molar-refractivity contribution in [3.63, 3.8) is 0 Å². The van der Waals surface area contributed by atoms with Crippen LogP contribution in [0.25, 0.3) is 0 Å². The first kappa shape index (κ1) is 15.3. The van der Waals surface area contributed by atoms with Gasteiger partial charge in [-0.3, -0.25) is 9.59 Å². The molecule has 2 aliphatic heterocycles. The first-order chi connectivity index (χ1) is 9.17. The van der Waals surface area contributed by atoms with Crippen molar-refractivity contribution in [3.8, 4) is 11.5 Å². The fourth-order valence-electron chi connectivity index (χ4n) is 2.25. The molecule has 2 heterocycles. The maximum absolute atomic E-state index is 12.0. The van der Waals surface area contributed by atoms with Gasteiger partial charge in [-0.15, -0.1) is 5.54 Å². The molecule has 0 aromatic rings. The topological polar surface area (TPSA) is 52.6 Å². The number of rotatable bonds is 1. The van der Waals surface area contributed by atoms with E-state index in [9.17, 15) is 9.59 Å². The van der Waals surface area contributed by atoms with Gasteiger partial charge in [-0.25, -0.2) is 0 Å². The highest BCUT2D eigenvalue weighted by Crippen LogP contribution is 2.46. The van der Waals surface area contributed by atoms with Gasteiger partial charge in [0.05, 0.1) is 13.0 Å². The second-order valence-corrected chi connectivity index (χ2v) is 12.1. The summed E-state index contributed by atoms with van der Waals surface area (Å²) >= 11 is 3.36. The number of carbonyl (C=O) groups excluding carboxylic acids is 2. The van der Waals surface area contributed by atoms with E-state index in [4.69, 9.17) is 9.47 Å². The zero-order valence-electron chi connectivity index (χ0n) is 12.0. The van der Waals surface area contributed by atoms with Crippen molar-refractivity contribution in [2.24, 2.45) is 5.92 Å². The third-order valence-corrected chi connectivity index (χ3v) is 5.28. The van der Waals surface area contributed by atoms with E-state index in [2.05, 4.69) is 47.0 Å². The van der Waals surface area contributed by atoms with Gasteiger partial charge < -0.3 is 9.47 Å². The standard InChI is InChI=1S/C14H17BrO4Si/c1-18-12(16)10-7-11-9(5-6-20(2,3)4)8-14(10,15)13(17)19-11/h8,10-11H,7H2,1-4H3. The molecule has 0 aromatic heterocycles. The maximum Gasteiger partial charge on any atom is 0.328 e. The molecule has 20 heavy (non-hydrogen) atoms. The summed E-state index contributed by atoms with van der Waals surface area (Å²) < 4.78 is 8.97. The molecule has 0 saturated carbocycles. The number of hydrogen-bond acceptors (Lipinski definition) is 4. The molecule has 0 radical (unpaired) electrons. The molecule has 4 nitrogen and oxygen atoms in total. The molecule has 1 aliphatic carbocycles. The number of ether oxygens (including phenoxy) is 2. The first-order valence-corrected chi connectivity index (χ1v) is 10.7. The molecule has 3 atom stereocenters. The Bertz CT molecular complexity index is 552. The normalized spacial score (nSPS) is 31.9. The van der Waals surface area contributed by atoms with Crippen molar-refractivity contribution in [1.82, 2.24) is 0 Å². The van der Waals surface area contributed by atoms with Crippen LogP contribution in [0.4, 0.5) is 0 Å². The van der Waals surface area contributed by atoms with Crippen molar-refractivity contribution in [2.75, 3.05) is 7.11 Å². The summed E-state index contributed by atoms with van der Waals surface area (Å²) in [4.78, 5) is 23.8. The lowest BCUT2D eigenvalue weighted by Crippen LogP contribution is -2.55. The molecule has 1 fully saturated rings. The molecule has 3 unspecified atom stereocenters. The molecule has 1 saturated heterocycles. The molecule has 3 aliphatic rings. The van der Waals surface area contributed by atoms with Crippen LogP contribution in [0, 0.1) is 17.4 Å². The minimum atomic E-state index is -1.51. The third kappa shape index (κ3) is 2.70. The van der Waals surface area contributed by atoms with Crippen LogP contribution in [0.1, 0.15) is 6.42 Å². The Balaban J connectivity index is 2.39. The summed E-state index contributed by atoms with van der Waals surface area (Å²) in [5.74, 6) is 1.72. The Morgan fingerprint density at radius 1 is 1.55 bits per heavy atom. The summed E-state index contributed by atoms with van der Waals surface area (Å²) in [5.41, 5.74) is 4.04. The van der Waals surface area contributed by atoms with Crippen molar-refractivity contribution >= 4 is 35.9 Å². The molecule has 0 aromatic carbocycles. The highest BCUT2D eigenvalue weighted by Gasteiger charge is 2.57. The van der Waals surface area contributed by atoms with Crippen molar-refractivity contribution < 1.29 is 19.1 Å². The fraction of sp³-hybridized carbons (Fsp3) is 0.571. The fourth-order valence-corrected chi connectivity index (χ4v) is 3.48. The minimum Gasteiger partial charge on any atom is -0.469 e. The van der Waals surface area contributed by atoms with Gasteiger partial charge in [0.2, 0.25) is 0 Å². The van der Waals surface area contributed by atoms with E-state index >= 15 is 0 Å². The third-order valence-electron chi connectivity index (χ3n) is 3.30. The smallest absolute Gasteiger partial charge is 0.328 e. The number of alkyl halides is 1. The second-order valence-electron chi connectivity index (χ2n) is 6.07. The van der Waals surface area contributed by atoms with Gasteiger partial charge in [-0.2, -0.15) is 0 Å². The van der Waals surface area contributed by atoms with Crippen LogP contribution in [0.5, 0.6) is 0 Å². The zero-order chi connectivity index (χ0) is 15.1. The zero-order valence-corrected chi connectivity index (χ0v) is 14.5. The maximum atomic E-state index is 12.0. The summed E-state index contributed by atoms with van der Waals surface area (Å²) in [6.45, 7) is 6.44. The van der Waals surface area contributed by atoms with Crippen molar-refractivity contribution in [1.29, 1.82) is 0 Å². The Labute approximate surface area is 128 Å². The second kappa shape index (κ2) is 5.04. The van der Waals surface area contributed by atoms with E-state index in [1.165, 1.54) is 7.11 Å². The number of halogens is 1. The van der Waals surface area contributed by atoms with Gasteiger partial charge in [0.25, 0.3) is 0 Å². The van der Waals surface area contributed by atoms with E-state index in [1.807, 2.05) is 0 Å². The van der Waals surface area contributed by atoms with E-state index in [0.717, 1.165) is 5.57 Å². The Morgan fingerprint density at radius 2 is 2.20 bits per heavy atom. The molecule has 0 N–H and O–H groups in total. The van der Waals surface area contributed by atoms with Crippen LogP contribution in [-0.2, 0) is 19.1 Å². The van der Waals surface area contributed by atoms with Crippen LogP contribution < -0.4 is 0 Å². The Kier molecular flexibility index (Phi) is 3.87. The predicted octanol–water partition coefficient (Wildman–Crippen LogP) is 2.05. The summed E-state index contributed by atoms with van der Waals surface area (Å²) in [6.07, 6.45) is 1.70. The van der Waals surface area contributed by atoms with Crippen LogP contribution in [0.15, 0.2) is 11.6 Å². The molecule has 0 amide bonds. The highest BCUT2D eigenvalue weighted by atomic mass is 79.9. The number of esters is 2. The van der Waals surface area contributed by atoms with Crippen LogP contribution in [0.2, 0.25) is 19.6 Å². The summed E-state index contributed by atoms with van der Waals surface area (Å²) in [6, 6.07) is 0. The highest BCUT2D eigenvalue weighted by molar-refractivity contribution is 9.10. The predicted molar refractivity (Wildman–Crippen MR) is 80.9 cm³/mol. The largest absolute Gasteiger partial charge is 0.469 e. The SMILES string of the molecule is COC(=O)C1CC2OC(=O)C1(Br)C=C2C#C[Si](C)(C)C. The van der Waals surface area contributed by atoms with Crippen molar-refractivity contribution in [3.05, 3.63) is 11.6 Å². The van der Waals surface area contributed by atoms with Gasteiger partial charge in [-0.1, -0.05) is 41.5 Å². The quantitative estimate of drug-likeness (QED) is 0.312. The molecule has 2 bridgehead atoms. The van der Waals surface area contributed by atoms with E-state index in [0.29, 0.717) is 6.42 Å². The van der Waals surface area contributed by atoms with E-state index in [1.54, 1.807) is 6.08 Å². The Morgan fingerprint density at radius 3 is 2.75 bits per heavy atom. The lowest BCUT2D eigenvalue weighted by molar-refractivity contribution is -0.167.